The SMILES string of the molecule is CCc1ccnc(-n2c3ccccc3c3ccc(Oc4cc(C(C)C)cc(-n5nc(C)c([C@H]6C(C)=C[C@H](C(C)(C)C)CC6C)c5C)c4)cc32)c1. The zero-order chi connectivity index (χ0) is 35.5. The molecule has 3 heterocycles. The Morgan fingerprint density at radius 1 is 0.880 bits per heavy atom. The van der Waals surface area contributed by atoms with Crippen molar-refractivity contribution in [3.05, 3.63) is 119 Å². The summed E-state index contributed by atoms with van der Waals surface area (Å²) < 4.78 is 11.2. The van der Waals surface area contributed by atoms with Gasteiger partial charge in [-0.05, 0) is 110 Å². The molecular weight excluding hydrogens is 613 g/mol. The Morgan fingerprint density at radius 2 is 1.64 bits per heavy atom. The third-order valence-electron chi connectivity index (χ3n) is 11.1. The number of nitrogens with zero attached hydrogens (tertiary/aromatic N) is 4. The molecular formula is C45H52N4O. The van der Waals surface area contributed by atoms with Crippen molar-refractivity contribution >= 4 is 21.8 Å². The molecule has 0 radical (unpaired) electrons. The minimum atomic E-state index is 0.264. The molecule has 0 spiro atoms. The number of benzene rings is 3. The highest BCUT2D eigenvalue weighted by atomic mass is 16.5. The van der Waals surface area contributed by atoms with Crippen molar-refractivity contribution in [2.45, 2.75) is 93.9 Å². The molecule has 258 valence electrons. The Morgan fingerprint density at radius 3 is 2.36 bits per heavy atom. The number of ether oxygens (including phenoxy) is 1. The number of hydrogen-bond donors (Lipinski definition) is 0. The molecule has 0 N–H and O–H groups in total. The molecule has 5 nitrogen and oxygen atoms in total. The van der Waals surface area contributed by atoms with Crippen molar-refractivity contribution in [2.24, 2.45) is 17.3 Å². The Balaban J connectivity index is 1.29. The van der Waals surface area contributed by atoms with Crippen LogP contribution in [0.4, 0.5) is 0 Å². The van der Waals surface area contributed by atoms with Crippen LogP contribution in [0.1, 0.15) is 102 Å². The summed E-state index contributed by atoms with van der Waals surface area (Å²) in [6, 6.07) is 25.9. The second kappa shape index (κ2) is 12.9. The molecule has 0 saturated heterocycles. The van der Waals surface area contributed by atoms with E-state index in [1.54, 1.807) is 0 Å². The zero-order valence-corrected chi connectivity index (χ0v) is 31.5. The third kappa shape index (κ3) is 6.05. The Labute approximate surface area is 298 Å². The number of allylic oxidation sites excluding steroid dienone is 2. The first-order valence-corrected chi connectivity index (χ1v) is 18.4. The van der Waals surface area contributed by atoms with Crippen LogP contribution in [0.25, 0.3) is 33.3 Å². The molecule has 6 aromatic rings. The zero-order valence-electron chi connectivity index (χ0n) is 31.5. The van der Waals surface area contributed by atoms with Gasteiger partial charge in [-0.1, -0.05) is 78.3 Å². The number of fused-ring (bicyclic) bond motifs is 3. The molecule has 0 saturated carbocycles. The largest absolute Gasteiger partial charge is 0.457 e. The minimum absolute atomic E-state index is 0.264. The summed E-state index contributed by atoms with van der Waals surface area (Å²) in [5.74, 6) is 4.35. The maximum absolute atomic E-state index is 6.76. The van der Waals surface area contributed by atoms with Gasteiger partial charge in [0.05, 0.1) is 22.4 Å². The van der Waals surface area contributed by atoms with Gasteiger partial charge >= 0.3 is 0 Å². The van der Waals surface area contributed by atoms with Crippen molar-refractivity contribution in [1.82, 2.24) is 19.3 Å². The highest BCUT2D eigenvalue weighted by Gasteiger charge is 2.36. The lowest BCUT2D eigenvalue weighted by atomic mass is 9.65. The van der Waals surface area contributed by atoms with Crippen LogP contribution in [-0.4, -0.2) is 19.3 Å². The number of pyridine rings is 1. The van der Waals surface area contributed by atoms with E-state index in [2.05, 4.69) is 157 Å². The van der Waals surface area contributed by atoms with Crippen molar-refractivity contribution in [3.63, 3.8) is 0 Å². The van der Waals surface area contributed by atoms with Crippen LogP contribution in [0.15, 0.2) is 90.6 Å². The molecule has 0 amide bonds. The Bertz CT molecular complexity index is 2240. The van der Waals surface area contributed by atoms with Gasteiger partial charge in [0.1, 0.15) is 17.3 Å². The van der Waals surface area contributed by atoms with Crippen LogP contribution >= 0.6 is 0 Å². The summed E-state index contributed by atoms with van der Waals surface area (Å²) in [6.45, 7) is 22.9. The number of rotatable bonds is 7. The van der Waals surface area contributed by atoms with Gasteiger partial charge in [-0.15, -0.1) is 0 Å². The second-order valence-corrected chi connectivity index (χ2v) is 16.0. The topological polar surface area (TPSA) is 44.9 Å². The van der Waals surface area contributed by atoms with Gasteiger partial charge in [0.15, 0.2) is 0 Å². The number of para-hydroxylation sites is 1. The predicted molar refractivity (Wildman–Crippen MR) is 208 cm³/mol. The van der Waals surface area contributed by atoms with E-state index in [0.717, 1.165) is 46.2 Å². The molecule has 5 heteroatoms. The fourth-order valence-corrected chi connectivity index (χ4v) is 8.27. The molecule has 1 aliphatic carbocycles. The van der Waals surface area contributed by atoms with E-state index in [4.69, 9.17) is 14.8 Å². The lowest BCUT2D eigenvalue weighted by Crippen LogP contribution is -2.28. The lowest BCUT2D eigenvalue weighted by Gasteiger charge is -2.39. The van der Waals surface area contributed by atoms with Gasteiger partial charge in [0.2, 0.25) is 0 Å². The maximum atomic E-state index is 6.76. The molecule has 0 aliphatic heterocycles. The minimum Gasteiger partial charge on any atom is -0.457 e. The van der Waals surface area contributed by atoms with Gasteiger partial charge < -0.3 is 4.74 Å². The Kier molecular flexibility index (Phi) is 8.74. The van der Waals surface area contributed by atoms with Gasteiger partial charge in [0.25, 0.3) is 0 Å². The summed E-state index contributed by atoms with van der Waals surface area (Å²) >= 11 is 0. The van der Waals surface area contributed by atoms with E-state index in [1.807, 2.05) is 6.20 Å². The summed E-state index contributed by atoms with van der Waals surface area (Å²) in [5, 5.41) is 7.57. The second-order valence-electron chi connectivity index (χ2n) is 16.0. The summed E-state index contributed by atoms with van der Waals surface area (Å²) in [7, 11) is 0. The average Bonchev–Trinajstić information content (AvgIpc) is 3.56. The van der Waals surface area contributed by atoms with Gasteiger partial charge in [0, 0.05) is 46.3 Å². The van der Waals surface area contributed by atoms with Crippen LogP contribution in [-0.2, 0) is 6.42 Å². The van der Waals surface area contributed by atoms with Crippen molar-refractivity contribution < 1.29 is 4.74 Å². The molecule has 0 bridgehead atoms. The fraction of sp³-hybridized carbons (Fsp3) is 0.378. The van der Waals surface area contributed by atoms with Gasteiger partial charge in [-0.2, -0.15) is 5.10 Å². The van der Waals surface area contributed by atoms with E-state index < -0.39 is 0 Å². The first-order valence-electron chi connectivity index (χ1n) is 18.4. The molecule has 1 aliphatic rings. The summed E-state index contributed by atoms with van der Waals surface area (Å²) in [6.07, 6.45) is 6.60. The van der Waals surface area contributed by atoms with Crippen molar-refractivity contribution in [2.75, 3.05) is 0 Å². The van der Waals surface area contributed by atoms with Gasteiger partial charge in [-0.3, -0.25) is 4.57 Å². The molecule has 0 fully saturated rings. The molecule has 1 unspecified atom stereocenters. The van der Waals surface area contributed by atoms with E-state index in [-0.39, 0.29) is 5.41 Å². The standard InChI is InChI=1S/C45H52N4O/c1-11-32-18-19-46-42(22-32)48-40-15-13-12-14-38(40)39-17-16-36(26-41(39)48)50-37-24-33(27(2)3)23-35(25-37)49-31(7)44(30(6)47-49)43-28(4)20-34(21-29(43)5)45(8,9)10/h12-20,22-27,29,34,43H,11,21H2,1-10H3/t29?,34-,43-/m0/s1. The van der Waals surface area contributed by atoms with Crippen molar-refractivity contribution in [3.8, 4) is 23.0 Å². The first-order chi connectivity index (χ1) is 23.8. The number of hydrogen-bond acceptors (Lipinski definition) is 3. The molecule has 3 atom stereocenters. The highest BCUT2D eigenvalue weighted by molar-refractivity contribution is 6.09. The van der Waals surface area contributed by atoms with Crippen LogP contribution < -0.4 is 4.74 Å². The van der Waals surface area contributed by atoms with Crippen LogP contribution in [0.3, 0.4) is 0 Å². The maximum Gasteiger partial charge on any atom is 0.137 e. The first kappa shape index (κ1) is 33.8. The van der Waals surface area contributed by atoms with Crippen LogP contribution in [0.5, 0.6) is 11.5 Å². The van der Waals surface area contributed by atoms with Crippen LogP contribution in [0, 0.1) is 31.1 Å². The van der Waals surface area contributed by atoms with E-state index in [0.29, 0.717) is 23.7 Å². The number of aryl methyl sites for hydroxylation is 2. The molecule has 50 heavy (non-hydrogen) atoms. The number of aromatic nitrogens is 4. The van der Waals surface area contributed by atoms with Crippen LogP contribution in [0.2, 0.25) is 0 Å². The van der Waals surface area contributed by atoms with E-state index in [1.165, 1.54) is 45.2 Å². The summed E-state index contributed by atoms with van der Waals surface area (Å²) in [4.78, 5) is 4.80. The van der Waals surface area contributed by atoms with E-state index in [9.17, 15) is 0 Å². The lowest BCUT2D eigenvalue weighted by molar-refractivity contribution is 0.224. The molecule has 3 aromatic heterocycles. The third-order valence-corrected chi connectivity index (χ3v) is 11.1. The molecule has 7 rings (SSSR count). The quantitative estimate of drug-likeness (QED) is 0.160. The predicted octanol–water partition coefficient (Wildman–Crippen LogP) is 12.2. The van der Waals surface area contributed by atoms with E-state index >= 15 is 0 Å². The average molecular weight is 665 g/mol. The normalized spacial score (nSPS) is 18.3. The Hall–Kier alpha value is -4.64. The highest BCUT2D eigenvalue weighted by Crippen LogP contribution is 2.47. The fourth-order valence-electron chi connectivity index (χ4n) is 8.27. The van der Waals surface area contributed by atoms with Gasteiger partial charge in [-0.25, -0.2) is 9.67 Å². The molecule has 3 aromatic carbocycles. The monoisotopic (exact) mass is 664 g/mol. The summed E-state index contributed by atoms with van der Waals surface area (Å²) in [5.41, 5.74) is 11.1. The smallest absolute Gasteiger partial charge is 0.137 e. The van der Waals surface area contributed by atoms with Crippen molar-refractivity contribution in [1.29, 1.82) is 0 Å².